The summed E-state index contributed by atoms with van der Waals surface area (Å²) < 4.78 is 0. The highest BCUT2D eigenvalue weighted by atomic mass is 16.1. The van der Waals surface area contributed by atoms with E-state index in [1.54, 1.807) is 0 Å². The number of Topliss-reactive ketones (excluding diaryl/α,β-unsaturated/α-hetero) is 1. The summed E-state index contributed by atoms with van der Waals surface area (Å²) in [6.45, 7) is 4.52. The van der Waals surface area contributed by atoms with Crippen LogP contribution < -0.4 is 0 Å². The maximum atomic E-state index is 12.8. The zero-order valence-electron chi connectivity index (χ0n) is 25.7. The maximum Gasteiger partial charge on any atom is 0.135 e. The Labute approximate surface area is 233 Å². The van der Waals surface area contributed by atoms with E-state index in [9.17, 15) is 9.59 Å². The molecule has 2 heteroatoms. The van der Waals surface area contributed by atoms with Gasteiger partial charge in [-0.15, -0.1) is 0 Å². The molecular formula is C35H68O2. The van der Waals surface area contributed by atoms with Crippen LogP contribution in [0.5, 0.6) is 0 Å². The van der Waals surface area contributed by atoms with Gasteiger partial charge in [0, 0.05) is 18.8 Å². The van der Waals surface area contributed by atoms with Gasteiger partial charge in [-0.1, -0.05) is 168 Å². The summed E-state index contributed by atoms with van der Waals surface area (Å²) >= 11 is 0. The van der Waals surface area contributed by atoms with Crippen molar-refractivity contribution in [3.8, 4) is 0 Å². The van der Waals surface area contributed by atoms with Crippen LogP contribution in [0, 0.1) is 5.92 Å². The third-order valence-corrected chi connectivity index (χ3v) is 8.24. The highest BCUT2D eigenvalue weighted by molar-refractivity contribution is 5.80. The Morgan fingerprint density at radius 3 is 1.24 bits per heavy atom. The Balaban J connectivity index is 3.52. The molecule has 0 rings (SSSR count). The molecule has 37 heavy (non-hydrogen) atoms. The monoisotopic (exact) mass is 521 g/mol. The van der Waals surface area contributed by atoms with Crippen LogP contribution in [0.15, 0.2) is 0 Å². The number of hydrogen-bond donors (Lipinski definition) is 0. The van der Waals surface area contributed by atoms with Gasteiger partial charge in [0.1, 0.15) is 12.1 Å². The van der Waals surface area contributed by atoms with Crippen molar-refractivity contribution >= 4 is 12.1 Å². The average molecular weight is 521 g/mol. The quantitative estimate of drug-likeness (QED) is 0.0652. The number of hydrogen-bond acceptors (Lipinski definition) is 2. The van der Waals surface area contributed by atoms with Gasteiger partial charge in [-0.25, -0.2) is 0 Å². The summed E-state index contributed by atoms with van der Waals surface area (Å²) in [5, 5.41) is 0. The normalized spacial score (nSPS) is 12.2. The highest BCUT2D eigenvalue weighted by Crippen LogP contribution is 2.21. The summed E-state index contributed by atoms with van der Waals surface area (Å²) in [4.78, 5) is 23.1. The van der Waals surface area contributed by atoms with Gasteiger partial charge >= 0.3 is 0 Å². The van der Waals surface area contributed by atoms with E-state index in [2.05, 4.69) is 13.8 Å². The number of ketones is 1. The zero-order chi connectivity index (χ0) is 27.1. The summed E-state index contributed by atoms with van der Waals surface area (Å²) in [6.07, 6.45) is 39.5. The number of carbonyl (C=O) groups is 2. The van der Waals surface area contributed by atoms with Crippen molar-refractivity contribution in [2.75, 3.05) is 0 Å². The van der Waals surface area contributed by atoms with Gasteiger partial charge < -0.3 is 4.79 Å². The lowest BCUT2D eigenvalue weighted by molar-refractivity contribution is -0.123. The molecule has 0 spiro atoms. The van der Waals surface area contributed by atoms with Crippen LogP contribution >= 0.6 is 0 Å². The molecule has 1 unspecified atom stereocenters. The van der Waals surface area contributed by atoms with Crippen molar-refractivity contribution in [3.05, 3.63) is 0 Å². The predicted octanol–water partition coefficient (Wildman–Crippen LogP) is 12.1. The topological polar surface area (TPSA) is 34.1 Å². The molecule has 0 aliphatic carbocycles. The Bertz CT molecular complexity index is 458. The molecule has 0 saturated carbocycles. The summed E-state index contributed by atoms with van der Waals surface area (Å²) in [5.41, 5.74) is 0. The minimum absolute atomic E-state index is 0.346. The van der Waals surface area contributed by atoms with Gasteiger partial charge in [0.15, 0.2) is 0 Å². The van der Waals surface area contributed by atoms with Crippen LogP contribution in [-0.2, 0) is 9.59 Å². The van der Waals surface area contributed by atoms with Crippen molar-refractivity contribution in [1.29, 1.82) is 0 Å². The van der Waals surface area contributed by atoms with E-state index < -0.39 is 0 Å². The smallest absolute Gasteiger partial charge is 0.135 e. The number of carbonyl (C=O) groups excluding carboxylic acids is 2. The molecule has 2 nitrogen and oxygen atoms in total. The molecule has 0 N–H and O–H groups in total. The van der Waals surface area contributed by atoms with E-state index in [-0.39, 0.29) is 0 Å². The van der Waals surface area contributed by atoms with E-state index in [4.69, 9.17) is 0 Å². The molecule has 0 heterocycles. The molecule has 0 saturated heterocycles. The fourth-order valence-electron chi connectivity index (χ4n) is 5.72. The van der Waals surface area contributed by atoms with E-state index in [1.165, 1.54) is 148 Å². The Morgan fingerprint density at radius 2 is 0.838 bits per heavy atom. The molecule has 0 aromatic carbocycles. The first-order valence-corrected chi connectivity index (χ1v) is 17.2. The predicted molar refractivity (Wildman–Crippen MR) is 164 cm³/mol. The third-order valence-electron chi connectivity index (χ3n) is 8.24. The number of aldehydes is 1. The first-order chi connectivity index (χ1) is 18.3. The summed E-state index contributed by atoms with van der Waals surface area (Å²) in [7, 11) is 0. The van der Waals surface area contributed by atoms with Crippen LogP contribution in [0.4, 0.5) is 0 Å². The third kappa shape index (κ3) is 28.2. The van der Waals surface area contributed by atoms with Crippen LogP contribution in [0.3, 0.4) is 0 Å². The van der Waals surface area contributed by atoms with Crippen molar-refractivity contribution < 1.29 is 9.59 Å². The minimum Gasteiger partial charge on any atom is -0.303 e. The summed E-state index contributed by atoms with van der Waals surface area (Å²) in [6, 6.07) is 0. The van der Waals surface area contributed by atoms with Gasteiger partial charge in [-0.3, -0.25) is 4.79 Å². The second-order valence-corrected chi connectivity index (χ2v) is 11.9. The summed E-state index contributed by atoms with van der Waals surface area (Å²) in [5.74, 6) is 0.911. The molecular weight excluding hydrogens is 452 g/mol. The molecule has 0 amide bonds. The van der Waals surface area contributed by atoms with E-state index in [0.29, 0.717) is 11.7 Å². The molecule has 0 aromatic rings. The maximum absolute atomic E-state index is 12.8. The van der Waals surface area contributed by atoms with Crippen molar-refractivity contribution in [1.82, 2.24) is 0 Å². The Hall–Kier alpha value is -0.660. The molecule has 0 aliphatic heterocycles. The van der Waals surface area contributed by atoms with Crippen molar-refractivity contribution in [3.63, 3.8) is 0 Å². The second kappa shape index (κ2) is 31.6. The average Bonchev–Trinajstić information content (AvgIpc) is 2.90. The zero-order valence-corrected chi connectivity index (χ0v) is 25.7. The Morgan fingerprint density at radius 1 is 0.459 bits per heavy atom. The second-order valence-electron chi connectivity index (χ2n) is 11.9. The van der Waals surface area contributed by atoms with Gasteiger partial charge in [0.2, 0.25) is 0 Å². The number of unbranched alkanes of at least 4 members (excludes halogenated alkanes) is 24. The van der Waals surface area contributed by atoms with Crippen LogP contribution in [0.25, 0.3) is 0 Å². The molecule has 0 aromatic heterocycles. The van der Waals surface area contributed by atoms with E-state index >= 15 is 0 Å². The van der Waals surface area contributed by atoms with Gasteiger partial charge in [-0.2, -0.15) is 0 Å². The molecule has 1 atom stereocenters. The van der Waals surface area contributed by atoms with Crippen LogP contribution in [0.2, 0.25) is 0 Å². The Kier molecular flexibility index (Phi) is 31.0. The molecule has 0 bridgehead atoms. The molecule has 0 aliphatic rings. The lowest BCUT2D eigenvalue weighted by atomic mass is 9.89. The number of rotatable bonds is 32. The lowest BCUT2D eigenvalue weighted by Crippen LogP contribution is -2.14. The SMILES string of the molecule is CCCCCCCCCCCCCCC(CCC)C(=O)CCCCCCCCCCCCCCCC=O. The van der Waals surface area contributed by atoms with Crippen LogP contribution in [0.1, 0.15) is 206 Å². The fraction of sp³-hybridized carbons (Fsp3) is 0.943. The first-order valence-electron chi connectivity index (χ1n) is 17.2. The minimum atomic E-state index is 0.346. The lowest BCUT2D eigenvalue weighted by Gasteiger charge is -2.15. The first kappa shape index (κ1) is 36.3. The van der Waals surface area contributed by atoms with Crippen LogP contribution in [-0.4, -0.2) is 12.1 Å². The van der Waals surface area contributed by atoms with Gasteiger partial charge in [0.05, 0.1) is 0 Å². The van der Waals surface area contributed by atoms with Crippen molar-refractivity contribution in [2.24, 2.45) is 5.92 Å². The van der Waals surface area contributed by atoms with E-state index in [0.717, 1.165) is 51.2 Å². The highest BCUT2D eigenvalue weighted by Gasteiger charge is 2.16. The largest absolute Gasteiger partial charge is 0.303 e. The molecule has 0 radical (unpaired) electrons. The molecule has 0 fully saturated rings. The fourth-order valence-corrected chi connectivity index (χ4v) is 5.72. The van der Waals surface area contributed by atoms with Crippen molar-refractivity contribution in [2.45, 2.75) is 206 Å². The van der Waals surface area contributed by atoms with E-state index in [1.807, 2.05) is 0 Å². The van der Waals surface area contributed by atoms with Gasteiger partial charge in [0.25, 0.3) is 0 Å². The standard InChI is InChI=1S/C35H68O2/c1-3-5-6-7-8-9-10-15-18-21-24-27-31-34(30-4-2)35(37)32-28-25-22-19-16-13-11-12-14-17-20-23-26-29-33-36/h33-34H,3-32H2,1-2H3. The molecule has 220 valence electrons. The van der Waals surface area contributed by atoms with Gasteiger partial charge in [-0.05, 0) is 25.7 Å².